The fourth-order valence-corrected chi connectivity index (χ4v) is 2.77. The van der Waals surface area contributed by atoms with Crippen LogP contribution in [0.5, 0.6) is 5.75 Å². The summed E-state index contributed by atoms with van der Waals surface area (Å²) in [5, 5.41) is 3.65. The van der Waals surface area contributed by atoms with Gasteiger partial charge in [0.25, 0.3) is 0 Å². The maximum Gasteiger partial charge on any atom is 0.224 e. The number of amides is 1. The Bertz CT molecular complexity index is 689. The van der Waals surface area contributed by atoms with Gasteiger partial charge in [-0.15, -0.1) is 0 Å². The van der Waals surface area contributed by atoms with Gasteiger partial charge in [-0.1, -0.05) is 35.9 Å². The van der Waals surface area contributed by atoms with E-state index in [1.54, 1.807) is 13.2 Å². The number of likely N-dealkylation sites (N-methyl/N-ethyl adjacent to an activating group) is 1. The number of carbonyl (C=O) groups is 1. The third kappa shape index (κ3) is 5.25. The van der Waals surface area contributed by atoms with Gasteiger partial charge in [0.15, 0.2) is 0 Å². The minimum absolute atomic E-state index is 0.0213. The number of ether oxygens (including phenoxy) is 1. The van der Waals surface area contributed by atoms with E-state index in [-0.39, 0.29) is 11.9 Å². The number of methoxy groups -OCH3 is 1. The average molecular weight is 347 g/mol. The van der Waals surface area contributed by atoms with Crippen molar-refractivity contribution in [1.82, 2.24) is 10.2 Å². The Morgan fingerprint density at radius 1 is 1.21 bits per heavy atom. The molecule has 0 saturated heterocycles. The lowest BCUT2D eigenvalue weighted by Crippen LogP contribution is -2.35. The standard InChI is InChI=1S/C19H23ClN2O2/c1-22(2)18(15-7-5-9-17(12-15)24-3)13-21-19(23)11-14-6-4-8-16(20)10-14/h4-10,12,18H,11,13H2,1-3H3,(H,21,23). The van der Waals surface area contributed by atoms with Crippen LogP contribution in [-0.4, -0.2) is 38.6 Å². The highest BCUT2D eigenvalue weighted by Gasteiger charge is 2.16. The van der Waals surface area contributed by atoms with Crippen molar-refractivity contribution in [3.05, 3.63) is 64.7 Å². The van der Waals surface area contributed by atoms with Crippen LogP contribution >= 0.6 is 11.6 Å². The third-order valence-electron chi connectivity index (χ3n) is 3.85. The quantitative estimate of drug-likeness (QED) is 0.836. The minimum atomic E-state index is -0.0213. The molecular formula is C19H23ClN2O2. The van der Waals surface area contributed by atoms with E-state index in [0.717, 1.165) is 16.9 Å². The maximum atomic E-state index is 12.2. The predicted octanol–water partition coefficient (Wildman–Crippen LogP) is 3.31. The van der Waals surface area contributed by atoms with Crippen molar-refractivity contribution < 1.29 is 9.53 Å². The van der Waals surface area contributed by atoms with E-state index in [4.69, 9.17) is 16.3 Å². The molecule has 0 radical (unpaired) electrons. The first-order chi connectivity index (χ1) is 11.5. The first kappa shape index (κ1) is 18.3. The van der Waals surface area contributed by atoms with Gasteiger partial charge in [-0.05, 0) is 49.5 Å². The fraction of sp³-hybridized carbons (Fsp3) is 0.316. The van der Waals surface area contributed by atoms with Gasteiger partial charge in [-0.2, -0.15) is 0 Å². The summed E-state index contributed by atoms with van der Waals surface area (Å²) in [7, 11) is 5.64. The van der Waals surface area contributed by atoms with Crippen molar-refractivity contribution in [3.8, 4) is 5.75 Å². The van der Waals surface area contributed by atoms with Gasteiger partial charge in [-0.25, -0.2) is 0 Å². The van der Waals surface area contributed by atoms with E-state index in [0.29, 0.717) is 18.0 Å². The highest BCUT2D eigenvalue weighted by atomic mass is 35.5. The number of hydrogen-bond acceptors (Lipinski definition) is 3. The smallest absolute Gasteiger partial charge is 0.224 e. The molecule has 2 rings (SSSR count). The van der Waals surface area contributed by atoms with Crippen molar-refractivity contribution in [2.24, 2.45) is 0 Å². The predicted molar refractivity (Wildman–Crippen MR) is 97.6 cm³/mol. The van der Waals surface area contributed by atoms with E-state index in [2.05, 4.69) is 10.2 Å². The topological polar surface area (TPSA) is 41.6 Å². The molecule has 0 aromatic heterocycles. The first-order valence-electron chi connectivity index (χ1n) is 7.81. The van der Waals surface area contributed by atoms with E-state index < -0.39 is 0 Å². The first-order valence-corrected chi connectivity index (χ1v) is 8.19. The van der Waals surface area contributed by atoms with Crippen molar-refractivity contribution in [2.45, 2.75) is 12.5 Å². The molecule has 0 saturated carbocycles. The van der Waals surface area contributed by atoms with E-state index in [1.807, 2.05) is 56.6 Å². The second-order valence-corrected chi connectivity index (χ2v) is 6.30. The van der Waals surface area contributed by atoms with Crippen molar-refractivity contribution >= 4 is 17.5 Å². The SMILES string of the molecule is COc1cccc(C(CNC(=O)Cc2cccc(Cl)c2)N(C)C)c1. The van der Waals surface area contributed by atoms with Crippen LogP contribution in [0.15, 0.2) is 48.5 Å². The molecule has 24 heavy (non-hydrogen) atoms. The van der Waals surface area contributed by atoms with Crippen LogP contribution in [0.25, 0.3) is 0 Å². The molecule has 0 spiro atoms. The molecule has 1 amide bonds. The summed E-state index contributed by atoms with van der Waals surface area (Å²) in [6, 6.07) is 15.3. The van der Waals surface area contributed by atoms with Gasteiger partial charge >= 0.3 is 0 Å². The monoisotopic (exact) mass is 346 g/mol. The number of rotatable bonds is 7. The summed E-state index contributed by atoms with van der Waals surface area (Å²) in [4.78, 5) is 14.3. The number of halogens is 1. The zero-order valence-corrected chi connectivity index (χ0v) is 15.0. The molecule has 0 aliphatic heterocycles. The van der Waals surface area contributed by atoms with Gasteiger partial charge in [0.1, 0.15) is 5.75 Å². The summed E-state index contributed by atoms with van der Waals surface area (Å²) < 4.78 is 5.28. The Labute approximate surface area is 148 Å². The highest BCUT2D eigenvalue weighted by molar-refractivity contribution is 6.30. The number of nitrogens with zero attached hydrogens (tertiary/aromatic N) is 1. The number of benzene rings is 2. The molecular weight excluding hydrogens is 324 g/mol. The van der Waals surface area contributed by atoms with Gasteiger partial charge in [0.05, 0.1) is 19.6 Å². The largest absolute Gasteiger partial charge is 0.497 e. The molecule has 4 nitrogen and oxygen atoms in total. The van der Waals surface area contributed by atoms with E-state index >= 15 is 0 Å². The highest BCUT2D eigenvalue weighted by Crippen LogP contribution is 2.22. The van der Waals surface area contributed by atoms with Crippen LogP contribution in [0.2, 0.25) is 5.02 Å². The molecule has 128 valence electrons. The molecule has 0 aliphatic rings. The molecule has 1 atom stereocenters. The van der Waals surface area contributed by atoms with Gasteiger partial charge in [-0.3, -0.25) is 4.79 Å². The Kier molecular flexibility index (Phi) is 6.64. The molecule has 2 aromatic carbocycles. The molecule has 1 unspecified atom stereocenters. The normalized spacial score (nSPS) is 12.0. The average Bonchev–Trinajstić information content (AvgIpc) is 2.55. The lowest BCUT2D eigenvalue weighted by Gasteiger charge is -2.25. The summed E-state index contributed by atoms with van der Waals surface area (Å²) in [5.74, 6) is 0.789. The van der Waals surface area contributed by atoms with Gasteiger partial charge in [0.2, 0.25) is 5.91 Å². The molecule has 1 N–H and O–H groups in total. The second-order valence-electron chi connectivity index (χ2n) is 5.87. The Morgan fingerprint density at radius 3 is 2.62 bits per heavy atom. The van der Waals surface area contributed by atoms with E-state index in [1.165, 1.54) is 0 Å². The molecule has 5 heteroatoms. The lowest BCUT2D eigenvalue weighted by molar-refractivity contribution is -0.120. The second kappa shape index (κ2) is 8.71. The van der Waals surface area contributed by atoms with Crippen LogP contribution < -0.4 is 10.1 Å². The van der Waals surface area contributed by atoms with Crippen molar-refractivity contribution in [1.29, 1.82) is 0 Å². The third-order valence-corrected chi connectivity index (χ3v) is 4.08. The zero-order chi connectivity index (χ0) is 17.5. The Hall–Kier alpha value is -2.04. The lowest BCUT2D eigenvalue weighted by atomic mass is 10.1. The number of nitrogens with one attached hydrogen (secondary N) is 1. The van der Waals surface area contributed by atoms with Crippen molar-refractivity contribution in [3.63, 3.8) is 0 Å². The zero-order valence-electron chi connectivity index (χ0n) is 14.3. The molecule has 0 bridgehead atoms. The summed E-state index contributed by atoms with van der Waals surface area (Å²) >= 11 is 5.96. The number of hydrogen-bond donors (Lipinski definition) is 1. The molecule has 2 aromatic rings. The van der Waals surface area contributed by atoms with Crippen LogP contribution in [-0.2, 0) is 11.2 Å². The van der Waals surface area contributed by atoms with Crippen LogP contribution in [0, 0.1) is 0 Å². The molecule has 0 aliphatic carbocycles. The van der Waals surface area contributed by atoms with Crippen molar-refractivity contribution in [2.75, 3.05) is 27.7 Å². The minimum Gasteiger partial charge on any atom is -0.497 e. The Morgan fingerprint density at radius 2 is 1.96 bits per heavy atom. The molecule has 0 heterocycles. The van der Waals surface area contributed by atoms with Gasteiger partial charge < -0.3 is 15.0 Å². The van der Waals surface area contributed by atoms with Crippen LogP contribution in [0.3, 0.4) is 0 Å². The summed E-state index contributed by atoms with van der Waals surface area (Å²) in [6.07, 6.45) is 0.318. The van der Waals surface area contributed by atoms with E-state index in [9.17, 15) is 4.79 Å². The Balaban J connectivity index is 1.99. The van der Waals surface area contributed by atoms with Crippen LogP contribution in [0.4, 0.5) is 0 Å². The summed E-state index contributed by atoms with van der Waals surface area (Å²) in [6.45, 7) is 0.527. The van der Waals surface area contributed by atoms with Gasteiger partial charge in [0, 0.05) is 11.6 Å². The number of carbonyl (C=O) groups excluding carboxylic acids is 1. The fourth-order valence-electron chi connectivity index (χ4n) is 2.55. The summed E-state index contributed by atoms with van der Waals surface area (Å²) in [5.41, 5.74) is 2.00. The molecule has 0 fully saturated rings. The maximum absolute atomic E-state index is 12.2. The van der Waals surface area contributed by atoms with Crippen LogP contribution in [0.1, 0.15) is 17.2 Å².